The highest BCUT2D eigenvalue weighted by molar-refractivity contribution is 5.88. The maximum Gasteiger partial charge on any atom is 0.139 e. The summed E-state index contributed by atoms with van der Waals surface area (Å²) < 4.78 is 5.18. The number of hydrogen-bond acceptors (Lipinski definition) is 5. The molecule has 0 radical (unpaired) electrons. The van der Waals surface area contributed by atoms with Crippen molar-refractivity contribution < 1.29 is 4.74 Å². The van der Waals surface area contributed by atoms with Gasteiger partial charge < -0.3 is 9.64 Å². The molecule has 2 heterocycles. The van der Waals surface area contributed by atoms with E-state index in [4.69, 9.17) is 4.74 Å². The molecule has 0 fully saturated rings. The predicted molar refractivity (Wildman–Crippen MR) is 87.3 cm³/mol. The molecule has 1 aromatic carbocycles. The first-order chi connectivity index (χ1) is 10.8. The van der Waals surface area contributed by atoms with Crippen LogP contribution >= 0.6 is 0 Å². The Morgan fingerprint density at radius 2 is 1.91 bits per heavy atom. The van der Waals surface area contributed by atoms with Crippen LogP contribution in [0, 0.1) is 0 Å². The Morgan fingerprint density at radius 3 is 2.68 bits per heavy atom. The third-order valence-electron chi connectivity index (χ3n) is 3.67. The number of hydrogen-bond donors (Lipinski definition) is 0. The number of nitrogens with zero attached hydrogens (tertiary/aromatic N) is 4. The molecule has 0 saturated heterocycles. The molecule has 0 saturated carbocycles. The second kappa shape index (κ2) is 6.39. The van der Waals surface area contributed by atoms with Crippen LogP contribution in [0.1, 0.15) is 5.56 Å². The molecule has 112 valence electrons. The number of ether oxygens (including phenoxy) is 1. The first-order valence-corrected chi connectivity index (χ1v) is 7.17. The Hall–Kier alpha value is -2.69. The number of rotatable bonds is 5. The Morgan fingerprint density at radius 1 is 1.09 bits per heavy atom. The van der Waals surface area contributed by atoms with Crippen LogP contribution in [0.25, 0.3) is 10.9 Å². The minimum absolute atomic E-state index is 0.865. The van der Waals surface area contributed by atoms with Crippen molar-refractivity contribution >= 4 is 16.7 Å². The number of benzene rings is 1. The monoisotopic (exact) mass is 294 g/mol. The van der Waals surface area contributed by atoms with Crippen molar-refractivity contribution in [3.05, 3.63) is 54.6 Å². The normalized spacial score (nSPS) is 10.6. The zero-order chi connectivity index (χ0) is 15.4. The fourth-order valence-corrected chi connectivity index (χ4v) is 2.39. The molecule has 0 atom stereocenters. The van der Waals surface area contributed by atoms with Gasteiger partial charge in [0.15, 0.2) is 0 Å². The lowest BCUT2D eigenvalue weighted by Gasteiger charge is -2.19. The highest BCUT2D eigenvalue weighted by Gasteiger charge is 2.08. The van der Waals surface area contributed by atoms with Crippen LogP contribution in [0.5, 0.6) is 5.75 Å². The van der Waals surface area contributed by atoms with Crippen molar-refractivity contribution in [1.82, 2.24) is 15.0 Å². The number of methoxy groups -OCH3 is 1. The van der Waals surface area contributed by atoms with Gasteiger partial charge in [0.2, 0.25) is 0 Å². The first-order valence-electron chi connectivity index (χ1n) is 7.17. The third-order valence-corrected chi connectivity index (χ3v) is 3.67. The van der Waals surface area contributed by atoms with E-state index in [-0.39, 0.29) is 0 Å². The topological polar surface area (TPSA) is 51.1 Å². The van der Waals surface area contributed by atoms with Gasteiger partial charge in [0.25, 0.3) is 0 Å². The van der Waals surface area contributed by atoms with Gasteiger partial charge in [-0.2, -0.15) is 0 Å². The van der Waals surface area contributed by atoms with Crippen LogP contribution in [0.4, 0.5) is 5.82 Å². The molecule has 0 aliphatic heterocycles. The standard InChI is InChI=1S/C17H18N4O/c1-21(10-8-13-3-5-14(22-2)6-4-13)17-15-7-9-18-11-16(15)19-12-20-17/h3-7,9,11-12H,8,10H2,1-2H3. The van der Waals surface area contributed by atoms with Crippen molar-refractivity contribution in [3.63, 3.8) is 0 Å². The lowest BCUT2D eigenvalue weighted by molar-refractivity contribution is 0.414. The fourth-order valence-electron chi connectivity index (χ4n) is 2.39. The molecule has 5 nitrogen and oxygen atoms in total. The van der Waals surface area contributed by atoms with Gasteiger partial charge in [-0.3, -0.25) is 4.98 Å². The van der Waals surface area contributed by atoms with Crippen LogP contribution < -0.4 is 9.64 Å². The second-order valence-electron chi connectivity index (χ2n) is 5.11. The highest BCUT2D eigenvalue weighted by Crippen LogP contribution is 2.21. The number of anilines is 1. The fraction of sp³-hybridized carbons (Fsp3) is 0.235. The minimum atomic E-state index is 0.865. The van der Waals surface area contributed by atoms with E-state index in [2.05, 4.69) is 32.0 Å². The van der Waals surface area contributed by atoms with E-state index in [1.54, 1.807) is 25.8 Å². The number of likely N-dealkylation sites (N-methyl/N-ethyl adjacent to an activating group) is 1. The van der Waals surface area contributed by atoms with Crippen LogP contribution in [-0.4, -0.2) is 35.7 Å². The summed E-state index contributed by atoms with van der Waals surface area (Å²) in [5, 5.41) is 1.02. The molecule has 0 amide bonds. The van der Waals surface area contributed by atoms with E-state index in [0.717, 1.165) is 35.4 Å². The van der Waals surface area contributed by atoms with Crippen molar-refractivity contribution in [2.24, 2.45) is 0 Å². The van der Waals surface area contributed by atoms with E-state index < -0.39 is 0 Å². The number of aromatic nitrogens is 3. The summed E-state index contributed by atoms with van der Waals surface area (Å²) in [6.07, 6.45) is 6.06. The highest BCUT2D eigenvalue weighted by atomic mass is 16.5. The van der Waals surface area contributed by atoms with Crippen molar-refractivity contribution in [2.75, 3.05) is 25.6 Å². The van der Waals surface area contributed by atoms with E-state index in [0.29, 0.717) is 0 Å². The number of pyridine rings is 1. The Bertz CT molecular complexity index is 753. The maximum atomic E-state index is 5.18. The molecule has 0 unspecified atom stereocenters. The first kappa shape index (κ1) is 14.3. The van der Waals surface area contributed by atoms with Gasteiger partial charge in [-0.25, -0.2) is 9.97 Å². The van der Waals surface area contributed by atoms with Gasteiger partial charge in [-0.05, 0) is 30.2 Å². The summed E-state index contributed by atoms with van der Waals surface area (Å²) in [6, 6.07) is 10.1. The van der Waals surface area contributed by atoms with Crippen LogP contribution in [0.15, 0.2) is 49.1 Å². The van der Waals surface area contributed by atoms with Gasteiger partial charge in [0.05, 0.1) is 18.8 Å². The molecule has 22 heavy (non-hydrogen) atoms. The average Bonchev–Trinajstić information content (AvgIpc) is 2.59. The largest absolute Gasteiger partial charge is 0.497 e. The average molecular weight is 294 g/mol. The third kappa shape index (κ3) is 2.98. The molecule has 3 aromatic rings. The summed E-state index contributed by atoms with van der Waals surface area (Å²) >= 11 is 0. The smallest absolute Gasteiger partial charge is 0.139 e. The Kier molecular flexibility index (Phi) is 4.14. The zero-order valence-corrected chi connectivity index (χ0v) is 12.7. The van der Waals surface area contributed by atoms with Gasteiger partial charge in [-0.1, -0.05) is 12.1 Å². The molecule has 0 spiro atoms. The lowest BCUT2D eigenvalue weighted by Crippen LogP contribution is -2.21. The van der Waals surface area contributed by atoms with Crippen molar-refractivity contribution in [2.45, 2.75) is 6.42 Å². The van der Waals surface area contributed by atoms with E-state index in [1.165, 1.54) is 5.56 Å². The van der Waals surface area contributed by atoms with Crippen LogP contribution in [0.2, 0.25) is 0 Å². The van der Waals surface area contributed by atoms with Crippen LogP contribution in [-0.2, 0) is 6.42 Å². The molecule has 0 bridgehead atoms. The summed E-state index contributed by atoms with van der Waals surface area (Å²) in [5.41, 5.74) is 2.14. The number of fused-ring (bicyclic) bond motifs is 1. The van der Waals surface area contributed by atoms with Gasteiger partial charge in [0, 0.05) is 25.2 Å². The molecule has 5 heteroatoms. The minimum Gasteiger partial charge on any atom is -0.497 e. The molecule has 0 aliphatic rings. The van der Waals surface area contributed by atoms with Gasteiger partial charge >= 0.3 is 0 Å². The summed E-state index contributed by atoms with van der Waals surface area (Å²) in [5.74, 6) is 1.81. The predicted octanol–water partition coefficient (Wildman–Crippen LogP) is 2.71. The van der Waals surface area contributed by atoms with E-state index in [9.17, 15) is 0 Å². The summed E-state index contributed by atoms with van der Waals surface area (Å²) in [6.45, 7) is 0.876. The van der Waals surface area contributed by atoms with Gasteiger partial charge in [-0.15, -0.1) is 0 Å². The molecular formula is C17H18N4O. The maximum absolute atomic E-state index is 5.18. The summed E-state index contributed by atoms with van der Waals surface area (Å²) in [4.78, 5) is 14.9. The Balaban J connectivity index is 1.74. The molecule has 0 N–H and O–H groups in total. The SMILES string of the molecule is COc1ccc(CCN(C)c2ncnc3cnccc23)cc1. The summed E-state index contributed by atoms with van der Waals surface area (Å²) in [7, 11) is 3.73. The van der Waals surface area contributed by atoms with Crippen LogP contribution in [0.3, 0.4) is 0 Å². The lowest BCUT2D eigenvalue weighted by atomic mass is 10.1. The molecule has 3 rings (SSSR count). The van der Waals surface area contributed by atoms with Gasteiger partial charge in [0.1, 0.15) is 17.9 Å². The molecule has 2 aromatic heterocycles. The van der Waals surface area contributed by atoms with Crippen molar-refractivity contribution in [3.8, 4) is 5.75 Å². The molecular weight excluding hydrogens is 276 g/mol. The van der Waals surface area contributed by atoms with Crippen molar-refractivity contribution in [1.29, 1.82) is 0 Å². The van der Waals surface area contributed by atoms with E-state index >= 15 is 0 Å². The zero-order valence-electron chi connectivity index (χ0n) is 12.7. The second-order valence-corrected chi connectivity index (χ2v) is 5.11. The van der Waals surface area contributed by atoms with E-state index in [1.807, 2.05) is 25.2 Å². The molecule has 0 aliphatic carbocycles. The Labute approximate surface area is 129 Å². The quantitative estimate of drug-likeness (QED) is 0.724.